The first-order valence-corrected chi connectivity index (χ1v) is 8.29. The van der Waals surface area contributed by atoms with E-state index in [1.807, 2.05) is 0 Å². The fraction of sp³-hybridized carbons (Fsp3) is 0.938. The monoisotopic (exact) mass is 285 g/mol. The maximum absolute atomic E-state index is 11.7. The van der Waals surface area contributed by atoms with Gasteiger partial charge >= 0.3 is 5.97 Å². The number of unbranched alkanes of at least 4 members (excludes halogenated alkanes) is 8. The van der Waals surface area contributed by atoms with Crippen molar-refractivity contribution in [3.05, 3.63) is 4.91 Å². The van der Waals surface area contributed by atoms with E-state index in [9.17, 15) is 9.70 Å². The number of hydrogen-bond donors (Lipinski definition) is 0. The highest BCUT2D eigenvalue weighted by molar-refractivity contribution is 5.72. The van der Waals surface area contributed by atoms with Crippen molar-refractivity contribution in [3.8, 4) is 0 Å². The molecule has 0 heterocycles. The van der Waals surface area contributed by atoms with E-state index in [0.717, 1.165) is 38.5 Å². The third kappa shape index (κ3) is 10.9. The lowest BCUT2D eigenvalue weighted by Crippen LogP contribution is -2.15. The van der Waals surface area contributed by atoms with Crippen molar-refractivity contribution in [2.45, 2.75) is 90.9 Å². The Bertz CT molecular complexity index is 244. The van der Waals surface area contributed by atoms with Gasteiger partial charge in [-0.05, 0) is 12.8 Å². The highest BCUT2D eigenvalue weighted by atomic mass is 16.7. The molecule has 0 N–H and O–H groups in total. The SMILES string of the molecule is CCCCCCCCC(CCCCCC)C(=O)ON=O. The number of carbonyl (C=O) groups is 1. The van der Waals surface area contributed by atoms with E-state index < -0.39 is 5.97 Å². The van der Waals surface area contributed by atoms with Gasteiger partial charge in [-0.2, -0.15) is 0 Å². The fourth-order valence-corrected chi connectivity index (χ4v) is 2.48. The molecule has 0 amide bonds. The van der Waals surface area contributed by atoms with Crippen LogP contribution in [0.25, 0.3) is 0 Å². The normalized spacial score (nSPS) is 12.1. The van der Waals surface area contributed by atoms with E-state index in [1.54, 1.807) is 0 Å². The summed E-state index contributed by atoms with van der Waals surface area (Å²) in [5, 5.41) is 2.27. The fourth-order valence-electron chi connectivity index (χ4n) is 2.48. The van der Waals surface area contributed by atoms with Crippen molar-refractivity contribution in [1.82, 2.24) is 0 Å². The van der Waals surface area contributed by atoms with E-state index in [2.05, 4.69) is 24.0 Å². The summed E-state index contributed by atoms with van der Waals surface area (Å²) in [5.41, 5.74) is 0. The van der Waals surface area contributed by atoms with Crippen LogP contribution in [0.15, 0.2) is 5.34 Å². The minimum Gasteiger partial charge on any atom is -0.284 e. The highest BCUT2D eigenvalue weighted by Gasteiger charge is 2.20. The van der Waals surface area contributed by atoms with Crippen molar-refractivity contribution < 1.29 is 9.63 Å². The lowest BCUT2D eigenvalue weighted by molar-refractivity contribution is -0.149. The lowest BCUT2D eigenvalue weighted by atomic mass is 9.94. The molecular weight excluding hydrogens is 254 g/mol. The second-order valence-electron chi connectivity index (χ2n) is 5.59. The Morgan fingerprint density at radius 1 is 0.850 bits per heavy atom. The van der Waals surface area contributed by atoms with E-state index in [1.165, 1.54) is 38.5 Å². The van der Waals surface area contributed by atoms with Crippen LogP contribution in [-0.4, -0.2) is 5.97 Å². The van der Waals surface area contributed by atoms with Crippen LogP contribution in [-0.2, 0) is 9.63 Å². The van der Waals surface area contributed by atoms with Crippen molar-refractivity contribution in [1.29, 1.82) is 0 Å². The third-order valence-corrected chi connectivity index (χ3v) is 3.77. The second kappa shape index (κ2) is 14.5. The Labute approximate surface area is 123 Å². The van der Waals surface area contributed by atoms with Crippen molar-refractivity contribution in [2.24, 2.45) is 11.3 Å². The Kier molecular flexibility index (Phi) is 13.8. The molecule has 1 atom stereocenters. The molecule has 0 fully saturated rings. The van der Waals surface area contributed by atoms with Gasteiger partial charge in [-0.3, -0.25) is 4.84 Å². The molecule has 0 bridgehead atoms. The first kappa shape index (κ1) is 19.1. The molecule has 4 nitrogen and oxygen atoms in total. The molecule has 0 aromatic carbocycles. The van der Waals surface area contributed by atoms with Crippen molar-refractivity contribution >= 4 is 5.97 Å². The van der Waals surface area contributed by atoms with Crippen LogP contribution >= 0.6 is 0 Å². The molecule has 0 saturated heterocycles. The Balaban J connectivity index is 3.85. The molecule has 4 heteroatoms. The molecular formula is C16H31NO3. The molecule has 0 aliphatic carbocycles. The summed E-state index contributed by atoms with van der Waals surface area (Å²) in [6.45, 7) is 4.37. The zero-order chi connectivity index (χ0) is 15.1. The first-order valence-electron chi connectivity index (χ1n) is 8.29. The van der Waals surface area contributed by atoms with Gasteiger partial charge < -0.3 is 0 Å². The average Bonchev–Trinajstić information content (AvgIpc) is 2.45. The van der Waals surface area contributed by atoms with Gasteiger partial charge in [-0.1, -0.05) is 78.1 Å². The molecule has 0 spiro atoms. The van der Waals surface area contributed by atoms with Gasteiger partial charge in [0.15, 0.2) is 5.34 Å². The number of nitrogens with zero attached hydrogens (tertiary/aromatic N) is 1. The minimum absolute atomic E-state index is 0.143. The van der Waals surface area contributed by atoms with Crippen LogP contribution in [0.1, 0.15) is 90.9 Å². The van der Waals surface area contributed by atoms with Crippen LogP contribution in [0.5, 0.6) is 0 Å². The van der Waals surface area contributed by atoms with Crippen LogP contribution in [0.3, 0.4) is 0 Å². The summed E-state index contributed by atoms with van der Waals surface area (Å²) in [6, 6.07) is 0. The van der Waals surface area contributed by atoms with Gasteiger partial charge in [0.05, 0.1) is 5.92 Å². The van der Waals surface area contributed by atoms with Crippen LogP contribution in [0.2, 0.25) is 0 Å². The van der Waals surface area contributed by atoms with E-state index in [4.69, 9.17) is 0 Å². The summed E-state index contributed by atoms with van der Waals surface area (Å²) >= 11 is 0. The summed E-state index contributed by atoms with van der Waals surface area (Å²) in [7, 11) is 0. The first-order chi connectivity index (χ1) is 9.76. The summed E-state index contributed by atoms with van der Waals surface area (Å²) in [5.74, 6) is -0.583. The highest BCUT2D eigenvalue weighted by Crippen LogP contribution is 2.20. The van der Waals surface area contributed by atoms with Crippen LogP contribution < -0.4 is 0 Å². The summed E-state index contributed by atoms with van der Waals surface area (Å²) in [6.07, 6.45) is 13.4. The Hall–Kier alpha value is -0.930. The van der Waals surface area contributed by atoms with Gasteiger partial charge in [0, 0.05) is 0 Å². The molecule has 0 radical (unpaired) electrons. The van der Waals surface area contributed by atoms with Gasteiger partial charge in [-0.25, -0.2) is 4.79 Å². The molecule has 0 aliphatic rings. The molecule has 0 saturated carbocycles. The summed E-state index contributed by atoms with van der Waals surface area (Å²) in [4.78, 5) is 26.0. The smallest absolute Gasteiger partial charge is 0.284 e. The summed E-state index contributed by atoms with van der Waals surface area (Å²) < 4.78 is 0. The Morgan fingerprint density at radius 3 is 1.80 bits per heavy atom. The Morgan fingerprint density at radius 2 is 1.30 bits per heavy atom. The minimum atomic E-state index is -0.440. The maximum Gasteiger partial charge on any atom is 0.341 e. The molecule has 0 aromatic rings. The van der Waals surface area contributed by atoms with E-state index in [-0.39, 0.29) is 5.92 Å². The predicted octanol–water partition coefficient (Wildman–Crippen LogP) is 5.55. The number of carbonyl (C=O) groups excluding carboxylic acids is 1. The quantitative estimate of drug-likeness (QED) is 0.239. The molecule has 1 unspecified atom stereocenters. The molecule has 0 aromatic heterocycles. The molecule has 0 rings (SSSR count). The van der Waals surface area contributed by atoms with E-state index in [0.29, 0.717) is 0 Å². The predicted molar refractivity (Wildman–Crippen MR) is 82.1 cm³/mol. The van der Waals surface area contributed by atoms with Gasteiger partial charge in [-0.15, -0.1) is 4.91 Å². The number of rotatable bonds is 14. The lowest BCUT2D eigenvalue weighted by Gasteiger charge is -2.12. The molecule has 0 aliphatic heterocycles. The zero-order valence-electron chi connectivity index (χ0n) is 13.2. The average molecular weight is 285 g/mol. The molecule has 20 heavy (non-hydrogen) atoms. The topological polar surface area (TPSA) is 55.7 Å². The van der Waals surface area contributed by atoms with Crippen molar-refractivity contribution in [2.75, 3.05) is 0 Å². The molecule has 118 valence electrons. The van der Waals surface area contributed by atoms with Crippen LogP contribution in [0.4, 0.5) is 0 Å². The standard InChI is InChI=1S/C16H31NO3/c1-3-5-7-9-10-12-14-15(16(18)20-17-19)13-11-8-6-4-2/h15H,3-14H2,1-2H3. The van der Waals surface area contributed by atoms with Crippen molar-refractivity contribution in [3.63, 3.8) is 0 Å². The largest absolute Gasteiger partial charge is 0.341 e. The van der Waals surface area contributed by atoms with Crippen LogP contribution in [0, 0.1) is 10.8 Å². The zero-order valence-corrected chi connectivity index (χ0v) is 13.2. The number of hydrogen-bond acceptors (Lipinski definition) is 4. The second-order valence-corrected chi connectivity index (χ2v) is 5.59. The van der Waals surface area contributed by atoms with Gasteiger partial charge in [0.2, 0.25) is 0 Å². The van der Waals surface area contributed by atoms with Gasteiger partial charge in [0.1, 0.15) is 0 Å². The van der Waals surface area contributed by atoms with Gasteiger partial charge in [0.25, 0.3) is 0 Å². The third-order valence-electron chi connectivity index (χ3n) is 3.77. The van der Waals surface area contributed by atoms with E-state index >= 15 is 0 Å². The maximum atomic E-state index is 11.7.